The van der Waals surface area contributed by atoms with Crippen LogP contribution in [0.5, 0.6) is 0 Å². The third-order valence-corrected chi connectivity index (χ3v) is 4.89. The fraction of sp³-hybridized carbons (Fsp3) is 0.867. The van der Waals surface area contributed by atoms with Crippen LogP contribution < -0.4 is 5.73 Å². The Bertz CT molecular complexity index is 364. The van der Waals surface area contributed by atoms with Gasteiger partial charge in [0.2, 0.25) is 11.8 Å². The van der Waals surface area contributed by atoms with E-state index in [1.54, 1.807) is 6.92 Å². The van der Waals surface area contributed by atoms with E-state index in [0.717, 1.165) is 25.7 Å². The Hall–Kier alpha value is -1.10. The molecule has 0 bridgehead atoms. The predicted octanol–water partition coefficient (Wildman–Crippen LogP) is 0.831. The standard InChI is InChI=1S/C15H27N3O2/c1-11(13-4-3-5-14(16)10-13)15(20)18-8-6-17(7-9-18)12(2)19/h11,13-14H,3-10,16H2,1-2H3. The van der Waals surface area contributed by atoms with E-state index in [0.29, 0.717) is 32.1 Å². The van der Waals surface area contributed by atoms with E-state index in [4.69, 9.17) is 5.73 Å². The van der Waals surface area contributed by atoms with E-state index >= 15 is 0 Å². The molecule has 3 unspecified atom stereocenters. The number of hydrogen-bond donors (Lipinski definition) is 1. The second-order valence-electron chi connectivity index (χ2n) is 6.31. The lowest BCUT2D eigenvalue weighted by Gasteiger charge is -2.38. The molecule has 0 aromatic rings. The Morgan fingerprint density at radius 1 is 1.10 bits per heavy atom. The van der Waals surface area contributed by atoms with Crippen LogP contribution in [0, 0.1) is 11.8 Å². The molecule has 2 aliphatic rings. The lowest BCUT2D eigenvalue weighted by molar-refractivity contribution is -0.142. The molecule has 5 nitrogen and oxygen atoms in total. The van der Waals surface area contributed by atoms with Crippen molar-refractivity contribution < 1.29 is 9.59 Å². The summed E-state index contributed by atoms with van der Waals surface area (Å²) in [5.41, 5.74) is 6.02. The van der Waals surface area contributed by atoms with Crippen molar-refractivity contribution in [1.29, 1.82) is 0 Å². The number of nitrogens with zero attached hydrogens (tertiary/aromatic N) is 2. The van der Waals surface area contributed by atoms with Crippen molar-refractivity contribution in [2.75, 3.05) is 26.2 Å². The van der Waals surface area contributed by atoms with Gasteiger partial charge in [0.25, 0.3) is 0 Å². The van der Waals surface area contributed by atoms with Crippen LogP contribution in [0.2, 0.25) is 0 Å². The van der Waals surface area contributed by atoms with Crippen LogP contribution in [0.15, 0.2) is 0 Å². The van der Waals surface area contributed by atoms with Gasteiger partial charge in [0, 0.05) is 45.1 Å². The molecular formula is C15H27N3O2. The van der Waals surface area contributed by atoms with Crippen LogP contribution in [-0.4, -0.2) is 53.8 Å². The van der Waals surface area contributed by atoms with E-state index in [1.165, 1.54) is 0 Å². The molecule has 0 radical (unpaired) electrons. The van der Waals surface area contributed by atoms with Gasteiger partial charge in [0.05, 0.1) is 0 Å². The Kier molecular flexibility index (Phi) is 5.02. The molecule has 1 saturated carbocycles. The molecule has 3 atom stereocenters. The fourth-order valence-electron chi connectivity index (χ4n) is 3.45. The number of amides is 2. The zero-order chi connectivity index (χ0) is 14.7. The molecule has 2 N–H and O–H groups in total. The summed E-state index contributed by atoms with van der Waals surface area (Å²) in [6, 6.07) is 0.263. The second-order valence-corrected chi connectivity index (χ2v) is 6.31. The molecule has 0 aromatic carbocycles. The normalized spacial score (nSPS) is 29.1. The summed E-state index contributed by atoms with van der Waals surface area (Å²) in [7, 11) is 0. The lowest BCUT2D eigenvalue weighted by atomic mass is 9.78. The minimum absolute atomic E-state index is 0.0604. The van der Waals surface area contributed by atoms with Crippen LogP contribution in [0.4, 0.5) is 0 Å². The van der Waals surface area contributed by atoms with Crippen LogP contribution in [-0.2, 0) is 9.59 Å². The van der Waals surface area contributed by atoms with Gasteiger partial charge in [0.1, 0.15) is 0 Å². The van der Waals surface area contributed by atoms with Gasteiger partial charge >= 0.3 is 0 Å². The molecule has 20 heavy (non-hydrogen) atoms. The Labute approximate surface area is 121 Å². The van der Waals surface area contributed by atoms with Crippen molar-refractivity contribution in [2.24, 2.45) is 17.6 Å². The highest BCUT2D eigenvalue weighted by Gasteiger charge is 2.32. The fourth-order valence-corrected chi connectivity index (χ4v) is 3.45. The molecule has 0 aromatic heterocycles. The first-order valence-corrected chi connectivity index (χ1v) is 7.79. The van der Waals surface area contributed by atoms with Gasteiger partial charge in [-0.15, -0.1) is 0 Å². The number of piperazine rings is 1. The van der Waals surface area contributed by atoms with Crippen molar-refractivity contribution in [2.45, 2.75) is 45.6 Å². The molecule has 0 spiro atoms. The number of carbonyl (C=O) groups excluding carboxylic acids is 2. The number of hydrogen-bond acceptors (Lipinski definition) is 3. The zero-order valence-electron chi connectivity index (χ0n) is 12.7. The summed E-state index contributed by atoms with van der Waals surface area (Å²) >= 11 is 0. The minimum Gasteiger partial charge on any atom is -0.339 e. The average Bonchev–Trinajstić information content (AvgIpc) is 2.46. The molecular weight excluding hydrogens is 254 g/mol. The first-order chi connectivity index (χ1) is 9.49. The van der Waals surface area contributed by atoms with Gasteiger partial charge in [-0.2, -0.15) is 0 Å². The average molecular weight is 281 g/mol. The van der Waals surface area contributed by atoms with Crippen LogP contribution in [0.3, 0.4) is 0 Å². The summed E-state index contributed by atoms with van der Waals surface area (Å²) in [5.74, 6) is 0.831. The molecule has 114 valence electrons. The summed E-state index contributed by atoms with van der Waals surface area (Å²) < 4.78 is 0. The topological polar surface area (TPSA) is 66.6 Å². The summed E-state index contributed by atoms with van der Waals surface area (Å²) in [4.78, 5) is 27.6. The van der Waals surface area contributed by atoms with Crippen LogP contribution in [0.1, 0.15) is 39.5 Å². The molecule has 1 aliphatic carbocycles. The molecule has 1 saturated heterocycles. The predicted molar refractivity (Wildman–Crippen MR) is 77.9 cm³/mol. The van der Waals surface area contributed by atoms with Gasteiger partial charge in [-0.1, -0.05) is 13.3 Å². The monoisotopic (exact) mass is 281 g/mol. The van der Waals surface area contributed by atoms with Gasteiger partial charge in [-0.05, 0) is 25.2 Å². The van der Waals surface area contributed by atoms with Gasteiger partial charge < -0.3 is 15.5 Å². The molecule has 1 aliphatic heterocycles. The van der Waals surface area contributed by atoms with E-state index in [-0.39, 0.29) is 23.8 Å². The molecule has 1 heterocycles. The highest BCUT2D eigenvalue weighted by molar-refractivity contribution is 5.79. The Balaban J connectivity index is 1.86. The summed E-state index contributed by atoms with van der Waals surface area (Å²) in [6.07, 6.45) is 4.32. The summed E-state index contributed by atoms with van der Waals surface area (Å²) in [6.45, 7) is 6.30. The Morgan fingerprint density at radius 3 is 2.25 bits per heavy atom. The third-order valence-electron chi connectivity index (χ3n) is 4.89. The number of carbonyl (C=O) groups is 2. The zero-order valence-corrected chi connectivity index (χ0v) is 12.7. The van der Waals surface area contributed by atoms with E-state index < -0.39 is 0 Å². The van der Waals surface area contributed by atoms with Gasteiger partial charge in [-0.3, -0.25) is 9.59 Å². The lowest BCUT2D eigenvalue weighted by Crippen LogP contribution is -2.52. The van der Waals surface area contributed by atoms with Crippen molar-refractivity contribution in [1.82, 2.24) is 9.80 Å². The highest BCUT2D eigenvalue weighted by Crippen LogP contribution is 2.30. The van der Waals surface area contributed by atoms with E-state index in [9.17, 15) is 9.59 Å². The Morgan fingerprint density at radius 2 is 1.70 bits per heavy atom. The second kappa shape index (κ2) is 6.57. The highest BCUT2D eigenvalue weighted by atomic mass is 16.2. The van der Waals surface area contributed by atoms with E-state index in [2.05, 4.69) is 0 Å². The quantitative estimate of drug-likeness (QED) is 0.815. The molecule has 5 heteroatoms. The SMILES string of the molecule is CC(=O)N1CCN(C(=O)C(C)C2CCCC(N)C2)CC1. The van der Waals surface area contributed by atoms with Crippen molar-refractivity contribution >= 4 is 11.8 Å². The smallest absolute Gasteiger partial charge is 0.225 e. The first kappa shape index (κ1) is 15.3. The van der Waals surface area contributed by atoms with E-state index in [1.807, 2.05) is 16.7 Å². The summed E-state index contributed by atoms with van der Waals surface area (Å²) in [5, 5.41) is 0. The van der Waals surface area contributed by atoms with Crippen molar-refractivity contribution in [3.05, 3.63) is 0 Å². The maximum atomic E-state index is 12.6. The van der Waals surface area contributed by atoms with Crippen molar-refractivity contribution in [3.63, 3.8) is 0 Å². The number of nitrogens with two attached hydrogens (primary N) is 1. The van der Waals surface area contributed by atoms with Crippen molar-refractivity contribution in [3.8, 4) is 0 Å². The maximum Gasteiger partial charge on any atom is 0.225 e. The molecule has 2 amide bonds. The first-order valence-electron chi connectivity index (χ1n) is 7.79. The number of rotatable bonds is 2. The minimum atomic E-state index is 0.0604. The van der Waals surface area contributed by atoms with Gasteiger partial charge in [-0.25, -0.2) is 0 Å². The molecule has 2 fully saturated rings. The third kappa shape index (κ3) is 3.51. The largest absolute Gasteiger partial charge is 0.339 e. The van der Waals surface area contributed by atoms with Crippen LogP contribution >= 0.6 is 0 Å². The molecule has 2 rings (SSSR count). The van der Waals surface area contributed by atoms with Gasteiger partial charge in [0.15, 0.2) is 0 Å². The maximum absolute atomic E-state index is 12.6. The van der Waals surface area contributed by atoms with Crippen LogP contribution in [0.25, 0.3) is 0 Å².